The lowest BCUT2D eigenvalue weighted by Gasteiger charge is -2.30. The Labute approximate surface area is 120 Å². The summed E-state index contributed by atoms with van der Waals surface area (Å²) in [5, 5.41) is 9.24. The molecule has 0 aliphatic heterocycles. The molecule has 0 saturated carbocycles. The minimum Gasteiger partial charge on any atom is -0.395 e. The molecule has 1 rings (SSSR count). The van der Waals surface area contributed by atoms with E-state index in [0.29, 0.717) is 24.7 Å². The normalized spacial score (nSPS) is 11.1. The Hall–Kier alpha value is -1.43. The van der Waals surface area contributed by atoms with Crippen molar-refractivity contribution in [1.29, 1.82) is 0 Å². The molecule has 0 unspecified atom stereocenters. The number of carbonyl (C=O) groups is 1. The van der Waals surface area contributed by atoms with Crippen LogP contribution in [0.3, 0.4) is 0 Å². The van der Waals surface area contributed by atoms with Crippen molar-refractivity contribution in [2.24, 2.45) is 5.84 Å². The number of aliphatic hydroxyl groups excluding tert-OH is 1. The van der Waals surface area contributed by atoms with Crippen LogP contribution in [0.25, 0.3) is 0 Å². The summed E-state index contributed by atoms with van der Waals surface area (Å²) in [6.07, 6.45) is 2.03. The number of aliphatic hydroxyl groups is 1. The maximum atomic E-state index is 11.8. The SMILES string of the molecule is CCC(CC)N(CCO)Cc1ccccc1C(=O)NN. The number of hydrazine groups is 1. The Morgan fingerprint density at radius 3 is 2.55 bits per heavy atom. The van der Waals surface area contributed by atoms with Gasteiger partial charge in [0.2, 0.25) is 0 Å². The largest absolute Gasteiger partial charge is 0.395 e. The topological polar surface area (TPSA) is 78.6 Å². The summed E-state index contributed by atoms with van der Waals surface area (Å²) in [5.41, 5.74) is 3.69. The highest BCUT2D eigenvalue weighted by Gasteiger charge is 2.18. The van der Waals surface area contributed by atoms with Crippen LogP contribution >= 0.6 is 0 Å². The summed E-state index contributed by atoms with van der Waals surface area (Å²) in [6, 6.07) is 7.82. The molecule has 0 aliphatic carbocycles. The lowest BCUT2D eigenvalue weighted by atomic mass is 10.0. The number of hydrogen-bond acceptors (Lipinski definition) is 4. The van der Waals surface area contributed by atoms with Gasteiger partial charge < -0.3 is 5.11 Å². The molecule has 0 spiro atoms. The molecule has 112 valence electrons. The molecule has 0 bridgehead atoms. The van der Waals surface area contributed by atoms with Gasteiger partial charge >= 0.3 is 0 Å². The quantitative estimate of drug-likeness (QED) is 0.380. The highest BCUT2D eigenvalue weighted by Crippen LogP contribution is 2.16. The van der Waals surface area contributed by atoms with E-state index in [1.54, 1.807) is 6.07 Å². The number of nitrogens with one attached hydrogen (secondary N) is 1. The lowest BCUT2D eigenvalue weighted by Crippen LogP contribution is -2.37. The van der Waals surface area contributed by atoms with E-state index in [9.17, 15) is 9.90 Å². The Morgan fingerprint density at radius 1 is 1.35 bits per heavy atom. The highest BCUT2D eigenvalue weighted by molar-refractivity contribution is 5.95. The minimum absolute atomic E-state index is 0.113. The molecule has 0 radical (unpaired) electrons. The van der Waals surface area contributed by atoms with Gasteiger partial charge in [0.25, 0.3) is 5.91 Å². The number of rotatable bonds is 8. The fourth-order valence-corrected chi connectivity index (χ4v) is 2.50. The summed E-state index contributed by atoms with van der Waals surface area (Å²) in [7, 11) is 0. The van der Waals surface area contributed by atoms with Gasteiger partial charge in [-0.15, -0.1) is 0 Å². The summed E-state index contributed by atoms with van der Waals surface area (Å²) in [5.74, 6) is 4.94. The van der Waals surface area contributed by atoms with Gasteiger partial charge in [-0.05, 0) is 24.5 Å². The molecule has 0 heterocycles. The molecule has 0 saturated heterocycles. The molecule has 4 N–H and O–H groups in total. The molecule has 0 atom stereocenters. The second-order valence-corrected chi connectivity index (χ2v) is 4.80. The van der Waals surface area contributed by atoms with Gasteiger partial charge in [0.1, 0.15) is 0 Å². The van der Waals surface area contributed by atoms with Crippen molar-refractivity contribution in [2.75, 3.05) is 13.2 Å². The van der Waals surface area contributed by atoms with Crippen LogP contribution in [-0.2, 0) is 6.54 Å². The number of nitrogens with two attached hydrogens (primary N) is 1. The van der Waals surface area contributed by atoms with Gasteiger partial charge in [-0.2, -0.15) is 0 Å². The molecule has 5 heteroatoms. The first-order chi connectivity index (χ1) is 9.67. The number of benzene rings is 1. The van der Waals surface area contributed by atoms with E-state index in [2.05, 4.69) is 24.2 Å². The van der Waals surface area contributed by atoms with E-state index in [-0.39, 0.29) is 12.5 Å². The third-order valence-electron chi connectivity index (χ3n) is 3.61. The Kier molecular flexibility index (Phi) is 7.22. The monoisotopic (exact) mass is 279 g/mol. The molecule has 1 aromatic rings. The van der Waals surface area contributed by atoms with Crippen molar-refractivity contribution < 1.29 is 9.90 Å². The summed E-state index contributed by atoms with van der Waals surface area (Å²) < 4.78 is 0. The van der Waals surface area contributed by atoms with E-state index in [1.165, 1.54) is 0 Å². The molecule has 0 aromatic heterocycles. The Morgan fingerprint density at radius 2 is 2.00 bits per heavy atom. The maximum Gasteiger partial charge on any atom is 0.265 e. The molecule has 1 aromatic carbocycles. The predicted octanol–water partition coefficient (Wildman–Crippen LogP) is 1.27. The number of nitrogens with zero attached hydrogens (tertiary/aromatic N) is 1. The molecule has 0 aliphatic rings. The van der Waals surface area contributed by atoms with Crippen molar-refractivity contribution in [3.63, 3.8) is 0 Å². The lowest BCUT2D eigenvalue weighted by molar-refractivity contribution is 0.0949. The van der Waals surface area contributed by atoms with Crippen molar-refractivity contribution in [3.05, 3.63) is 35.4 Å². The third-order valence-corrected chi connectivity index (χ3v) is 3.61. The molecule has 0 fully saturated rings. The number of nitrogen functional groups attached to an aromatic ring is 1. The zero-order valence-corrected chi connectivity index (χ0v) is 12.3. The maximum absolute atomic E-state index is 11.8. The fraction of sp³-hybridized carbons (Fsp3) is 0.533. The first-order valence-electron chi connectivity index (χ1n) is 7.11. The van der Waals surface area contributed by atoms with Crippen LogP contribution in [0.2, 0.25) is 0 Å². The van der Waals surface area contributed by atoms with Crippen LogP contribution in [0.1, 0.15) is 42.6 Å². The van der Waals surface area contributed by atoms with Crippen molar-refractivity contribution in [2.45, 2.75) is 39.3 Å². The molecule has 5 nitrogen and oxygen atoms in total. The molecular weight excluding hydrogens is 254 g/mol. The van der Waals surface area contributed by atoms with Crippen molar-refractivity contribution in [3.8, 4) is 0 Å². The van der Waals surface area contributed by atoms with Gasteiger partial charge in [-0.1, -0.05) is 32.0 Å². The standard InChI is InChI=1S/C15H25N3O2/c1-3-13(4-2)18(9-10-19)11-12-7-5-6-8-14(12)15(20)17-16/h5-8,13,19H,3-4,9-11,16H2,1-2H3,(H,17,20). The third kappa shape index (κ3) is 4.30. The van der Waals surface area contributed by atoms with E-state index >= 15 is 0 Å². The summed E-state index contributed by atoms with van der Waals surface area (Å²) >= 11 is 0. The second kappa shape index (κ2) is 8.68. The average Bonchev–Trinajstić information content (AvgIpc) is 2.48. The van der Waals surface area contributed by atoms with Gasteiger partial charge in [0, 0.05) is 24.7 Å². The van der Waals surface area contributed by atoms with E-state index in [4.69, 9.17) is 5.84 Å². The summed E-state index contributed by atoms with van der Waals surface area (Å²) in [4.78, 5) is 14.0. The smallest absolute Gasteiger partial charge is 0.265 e. The van der Waals surface area contributed by atoms with Crippen LogP contribution in [0.5, 0.6) is 0 Å². The van der Waals surface area contributed by atoms with Crippen LogP contribution in [0.15, 0.2) is 24.3 Å². The minimum atomic E-state index is -0.283. The zero-order chi connectivity index (χ0) is 15.0. The van der Waals surface area contributed by atoms with Crippen molar-refractivity contribution in [1.82, 2.24) is 10.3 Å². The van der Waals surface area contributed by atoms with Crippen LogP contribution in [0, 0.1) is 0 Å². The van der Waals surface area contributed by atoms with Gasteiger partial charge in [-0.25, -0.2) is 5.84 Å². The average molecular weight is 279 g/mol. The Balaban J connectivity index is 2.96. The summed E-state index contributed by atoms with van der Waals surface area (Å²) in [6.45, 7) is 5.62. The van der Waals surface area contributed by atoms with Crippen LogP contribution < -0.4 is 11.3 Å². The second-order valence-electron chi connectivity index (χ2n) is 4.80. The van der Waals surface area contributed by atoms with Crippen LogP contribution in [-0.4, -0.2) is 35.1 Å². The first-order valence-corrected chi connectivity index (χ1v) is 7.11. The molecule has 20 heavy (non-hydrogen) atoms. The van der Waals surface area contributed by atoms with Crippen LogP contribution in [0.4, 0.5) is 0 Å². The Bertz CT molecular complexity index is 419. The zero-order valence-electron chi connectivity index (χ0n) is 12.3. The highest BCUT2D eigenvalue weighted by atomic mass is 16.3. The predicted molar refractivity (Wildman–Crippen MR) is 80.0 cm³/mol. The number of amides is 1. The molecular formula is C15H25N3O2. The van der Waals surface area contributed by atoms with E-state index in [1.807, 2.05) is 18.2 Å². The van der Waals surface area contributed by atoms with E-state index in [0.717, 1.165) is 18.4 Å². The fourth-order valence-electron chi connectivity index (χ4n) is 2.50. The molecule has 1 amide bonds. The number of hydrogen-bond donors (Lipinski definition) is 3. The van der Waals surface area contributed by atoms with Gasteiger partial charge in [0.15, 0.2) is 0 Å². The van der Waals surface area contributed by atoms with E-state index < -0.39 is 0 Å². The number of carbonyl (C=O) groups excluding carboxylic acids is 1. The van der Waals surface area contributed by atoms with Crippen molar-refractivity contribution >= 4 is 5.91 Å². The first kappa shape index (κ1) is 16.6. The van der Waals surface area contributed by atoms with Gasteiger partial charge in [-0.3, -0.25) is 15.1 Å². The van der Waals surface area contributed by atoms with Gasteiger partial charge in [0.05, 0.1) is 6.61 Å².